The van der Waals surface area contributed by atoms with Crippen LogP contribution < -0.4 is 10.4 Å². The number of hydrogen-bond donors (Lipinski definition) is 0. The summed E-state index contributed by atoms with van der Waals surface area (Å²) in [5.41, 5.74) is 1.08. The van der Waals surface area contributed by atoms with Crippen molar-refractivity contribution < 1.29 is 9.31 Å². The van der Waals surface area contributed by atoms with E-state index in [4.69, 9.17) is 20.9 Å². The monoisotopic (exact) mass is 296 g/mol. The minimum Gasteiger partial charge on any atom is -0.399 e. The molecule has 0 aromatic carbocycles. The second kappa shape index (κ2) is 5.21. The van der Waals surface area contributed by atoms with E-state index in [0.717, 1.165) is 17.7 Å². The Morgan fingerprint density at radius 1 is 1.25 bits per heavy atom. The average molecular weight is 297 g/mol. The van der Waals surface area contributed by atoms with Crippen molar-refractivity contribution in [3.05, 3.63) is 17.4 Å². The molecular formula is C14H22BClN2O2. The van der Waals surface area contributed by atoms with Gasteiger partial charge in [0.25, 0.3) is 0 Å². The summed E-state index contributed by atoms with van der Waals surface area (Å²) in [7, 11) is 1.57. The maximum atomic E-state index is 6.15. The topological polar surface area (TPSA) is 34.6 Å². The lowest BCUT2D eigenvalue weighted by atomic mass is 9.80. The lowest BCUT2D eigenvalue weighted by Crippen LogP contribution is -2.41. The summed E-state index contributed by atoms with van der Waals surface area (Å²) in [6.07, 6.45) is 1.72. The van der Waals surface area contributed by atoms with E-state index in [1.54, 1.807) is 6.20 Å². The predicted molar refractivity (Wildman–Crippen MR) is 83.9 cm³/mol. The Labute approximate surface area is 126 Å². The largest absolute Gasteiger partial charge is 0.496 e. The lowest BCUT2D eigenvalue weighted by molar-refractivity contribution is 0.00578. The first kappa shape index (κ1) is 15.6. The zero-order valence-electron chi connectivity index (χ0n) is 13.0. The van der Waals surface area contributed by atoms with E-state index < -0.39 is 7.12 Å². The van der Waals surface area contributed by atoms with E-state index in [1.807, 2.05) is 45.7 Å². The molecule has 0 amide bonds. The summed E-state index contributed by atoms with van der Waals surface area (Å²) < 4.78 is 12.1. The maximum absolute atomic E-state index is 6.15. The van der Waals surface area contributed by atoms with Crippen LogP contribution in [0.1, 0.15) is 34.6 Å². The summed E-state index contributed by atoms with van der Waals surface area (Å²) in [6, 6.07) is 1.99. The van der Waals surface area contributed by atoms with Crippen molar-refractivity contribution in [2.45, 2.75) is 45.8 Å². The van der Waals surface area contributed by atoms with Gasteiger partial charge in [0.1, 0.15) is 0 Å². The summed E-state index contributed by atoms with van der Waals surface area (Å²) in [5.74, 6) is 0. The van der Waals surface area contributed by atoms with Crippen LogP contribution >= 0.6 is 11.6 Å². The zero-order valence-corrected chi connectivity index (χ0v) is 13.8. The summed E-state index contributed by atoms with van der Waals surface area (Å²) >= 11 is 6.15. The molecule has 1 saturated heterocycles. The van der Waals surface area contributed by atoms with Crippen LogP contribution in [0.3, 0.4) is 0 Å². The van der Waals surface area contributed by atoms with Gasteiger partial charge in [0.2, 0.25) is 0 Å². The van der Waals surface area contributed by atoms with Crippen LogP contribution in [-0.4, -0.2) is 36.9 Å². The Kier molecular flexibility index (Phi) is 4.06. The van der Waals surface area contributed by atoms with Crippen LogP contribution in [-0.2, 0) is 9.31 Å². The van der Waals surface area contributed by atoms with Crippen LogP contribution in [0.4, 0.5) is 5.69 Å². The Hall–Kier alpha value is -0.775. The molecule has 1 aromatic heterocycles. The first-order chi connectivity index (χ1) is 9.18. The Bertz CT molecular complexity index is 492. The molecule has 0 atom stereocenters. The number of pyridine rings is 1. The standard InChI is InChI=1S/C14H22BClN2O2/c1-7-18(6)11-8-10(9-17-12(11)16)15-19-13(2,3)14(4,5)20-15/h8-9H,7H2,1-6H3. The van der Waals surface area contributed by atoms with Crippen LogP contribution in [0.15, 0.2) is 12.3 Å². The third kappa shape index (κ3) is 2.67. The van der Waals surface area contributed by atoms with Gasteiger partial charge in [0, 0.05) is 25.3 Å². The number of halogens is 1. The summed E-state index contributed by atoms with van der Waals surface area (Å²) in [5, 5.41) is 0.495. The molecule has 1 aliphatic heterocycles. The smallest absolute Gasteiger partial charge is 0.399 e. The molecule has 1 aromatic rings. The molecule has 1 fully saturated rings. The van der Waals surface area contributed by atoms with Crippen molar-refractivity contribution >= 4 is 29.9 Å². The van der Waals surface area contributed by atoms with Crippen molar-refractivity contribution in [2.24, 2.45) is 0 Å². The number of aromatic nitrogens is 1. The molecule has 4 nitrogen and oxygen atoms in total. The van der Waals surface area contributed by atoms with Crippen LogP contribution in [0, 0.1) is 0 Å². The fourth-order valence-corrected chi connectivity index (χ4v) is 2.25. The molecule has 0 spiro atoms. The summed E-state index contributed by atoms with van der Waals surface area (Å²) in [6.45, 7) is 11.1. The SMILES string of the molecule is CCN(C)c1cc(B2OC(C)(C)C(C)(C)O2)cnc1Cl. The highest BCUT2D eigenvalue weighted by molar-refractivity contribution is 6.62. The molecule has 0 radical (unpaired) electrons. The fourth-order valence-electron chi connectivity index (χ4n) is 2.00. The van der Waals surface area contributed by atoms with Gasteiger partial charge >= 0.3 is 7.12 Å². The molecule has 110 valence electrons. The van der Waals surface area contributed by atoms with Crippen molar-refractivity contribution in [1.82, 2.24) is 4.98 Å². The quantitative estimate of drug-likeness (QED) is 0.634. The molecule has 1 aliphatic rings. The average Bonchev–Trinajstić information content (AvgIpc) is 2.58. The number of nitrogens with zero attached hydrogens (tertiary/aromatic N) is 2. The van der Waals surface area contributed by atoms with E-state index in [1.165, 1.54) is 0 Å². The van der Waals surface area contributed by atoms with Gasteiger partial charge < -0.3 is 14.2 Å². The van der Waals surface area contributed by atoms with E-state index >= 15 is 0 Å². The van der Waals surface area contributed by atoms with E-state index in [2.05, 4.69) is 11.9 Å². The molecule has 0 saturated carbocycles. The second-order valence-electron chi connectivity index (χ2n) is 6.18. The molecule has 6 heteroatoms. The Balaban J connectivity index is 2.32. The first-order valence-electron chi connectivity index (χ1n) is 6.90. The van der Waals surface area contributed by atoms with Gasteiger partial charge in [-0.3, -0.25) is 0 Å². The first-order valence-corrected chi connectivity index (χ1v) is 7.28. The van der Waals surface area contributed by atoms with Gasteiger partial charge in [0.15, 0.2) is 5.15 Å². The van der Waals surface area contributed by atoms with Crippen molar-refractivity contribution in [2.75, 3.05) is 18.5 Å². The third-order valence-electron chi connectivity index (χ3n) is 4.25. The van der Waals surface area contributed by atoms with Crippen molar-refractivity contribution in [3.8, 4) is 0 Å². The van der Waals surface area contributed by atoms with Crippen LogP contribution in [0.25, 0.3) is 0 Å². The van der Waals surface area contributed by atoms with Gasteiger partial charge in [-0.15, -0.1) is 0 Å². The van der Waals surface area contributed by atoms with E-state index in [0.29, 0.717) is 5.15 Å². The van der Waals surface area contributed by atoms with Crippen LogP contribution in [0.5, 0.6) is 0 Å². The highest BCUT2D eigenvalue weighted by Gasteiger charge is 2.51. The molecule has 0 unspecified atom stereocenters. The van der Waals surface area contributed by atoms with Crippen LogP contribution in [0.2, 0.25) is 5.15 Å². The molecule has 20 heavy (non-hydrogen) atoms. The Morgan fingerprint density at radius 3 is 2.30 bits per heavy atom. The zero-order chi connectivity index (χ0) is 15.1. The van der Waals surface area contributed by atoms with Gasteiger partial charge in [0.05, 0.1) is 16.9 Å². The second-order valence-corrected chi connectivity index (χ2v) is 6.54. The molecule has 2 rings (SSSR count). The third-order valence-corrected chi connectivity index (χ3v) is 4.54. The molecular weight excluding hydrogens is 274 g/mol. The van der Waals surface area contributed by atoms with Gasteiger partial charge in [-0.1, -0.05) is 11.6 Å². The van der Waals surface area contributed by atoms with Gasteiger partial charge in [-0.05, 0) is 40.7 Å². The number of hydrogen-bond acceptors (Lipinski definition) is 4. The molecule has 0 aliphatic carbocycles. The van der Waals surface area contributed by atoms with E-state index in [9.17, 15) is 0 Å². The summed E-state index contributed by atoms with van der Waals surface area (Å²) in [4.78, 5) is 6.30. The van der Waals surface area contributed by atoms with Gasteiger partial charge in [-0.2, -0.15) is 0 Å². The highest BCUT2D eigenvalue weighted by Crippen LogP contribution is 2.36. The predicted octanol–water partition coefficient (Wildman–Crippen LogP) is 2.49. The Morgan fingerprint density at radius 2 is 1.80 bits per heavy atom. The van der Waals surface area contributed by atoms with Crippen molar-refractivity contribution in [1.29, 1.82) is 0 Å². The highest BCUT2D eigenvalue weighted by atomic mass is 35.5. The van der Waals surface area contributed by atoms with Crippen molar-refractivity contribution in [3.63, 3.8) is 0 Å². The minimum atomic E-state index is -0.409. The molecule has 0 bridgehead atoms. The molecule has 2 heterocycles. The normalized spacial score (nSPS) is 20.2. The molecule has 0 N–H and O–H groups in total. The van der Waals surface area contributed by atoms with Gasteiger partial charge in [-0.25, -0.2) is 4.98 Å². The fraction of sp³-hybridized carbons (Fsp3) is 0.643. The van der Waals surface area contributed by atoms with E-state index in [-0.39, 0.29) is 11.2 Å². The lowest BCUT2D eigenvalue weighted by Gasteiger charge is -2.32. The minimum absolute atomic E-state index is 0.353. The number of anilines is 1. The number of rotatable bonds is 3. The maximum Gasteiger partial charge on any atom is 0.496 e.